The molecule has 0 aromatic heterocycles. The molecule has 3 heteroatoms. The Morgan fingerprint density at radius 3 is 1.82 bits per heavy atom. The molecule has 17 heavy (non-hydrogen) atoms. The van der Waals surface area contributed by atoms with E-state index in [1.54, 1.807) is 48.5 Å². The fraction of sp³-hybridized carbons (Fsp3) is 0. The molecule has 0 spiro atoms. The van der Waals surface area contributed by atoms with Gasteiger partial charge >= 0.3 is 0 Å². The second-order valence-electron chi connectivity index (χ2n) is 3.45. The number of hydrogen-bond acceptors (Lipinski definition) is 2. The molecular formula is C14H10O2P-. The summed E-state index contributed by atoms with van der Waals surface area (Å²) in [4.78, 5) is 11.8. The number of benzene rings is 2. The van der Waals surface area contributed by atoms with Crippen LogP contribution >= 0.6 is 8.20 Å². The fourth-order valence-corrected chi connectivity index (χ4v) is 2.12. The predicted molar refractivity (Wildman–Crippen MR) is 68.2 cm³/mol. The van der Waals surface area contributed by atoms with Crippen molar-refractivity contribution in [3.63, 3.8) is 0 Å². The minimum absolute atomic E-state index is 0.167. The lowest BCUT2D eigenvalue weighted by Crippen LogP contribution is -2.16. The molecule has 0 aliphatic rings. The summed E-state index contributed by atoms with van der Waals surface area (Å²) in [6.07, 6.45) is 0. The topological polar surface area (TPSA) is 40.1 Å². The van der Waals surface area contributed by atoms with Crippen LogP contribution in [-0.2, 0) is 0 Å². The zero-order chi connectivity index (χ0) is 12.1. The van der Waals surface area contributed by atoms with Gasteiger partial charge in [-0.1, -0.05) is 60.7 Å². The molecule has 0 amide bonds. The second-order valence-corrected chi connectivity index (χ2v) is 4.49. The van der Waals surface area contributed by atoms with Crippen LogP contribution in [0.3, 0.4) is 0 Å². The Hall–Kier alpha value is -1.76. The van der Waals surface area contributed by atoms with Gasteiger partial charge in [0.15, 0.2) is 0 Å². The van der Waals surface area contributed by atoms with Crippen molar-refractivity contribution < 1.29 is 9.90 Å². The van der Waals surface area contributed by atoms with Gasteiger partial charge in [0.1, 0.15) is 0 Å². The van der Waals surface area contributed by atoms with Crippen LogP contribution in [-0.4, -0.2) is 11.0 Å². The Morgan fingerprint density at radius 2 is 1.29 bits per heavy atom. The summed E-state index contributed by atoms with van der Waals surface area (Å²) in [5.41, 5.74) is 0.802. The lowest BCUT2D eigenvalue weighted by atomic mass is 10.2. The first-order chi connectivity index (χ1) is 8.27. The zero-order valence-electron chi connectivity index (χ0n) is 9.04. The summed E-state index contributed by atoms with van der Waals surface area (Å²) >= 11 is 0. The third kappa shape index (κ3) is 3.10. The molecule has 2 aromatic rings. The van der Waals surface area contributed by atoms with Crippen LogP contribution in [0.5, 0.6) is 0 Å². The van der Waals surface area contributed by atoms with Crippen molar-refractivity contribution >= 4 is 19.2 Å². The minimum Gasteiger partial charge on any atom is -0.823 e. The van der Waals surface area contributed by atoms with Crippen molar-refractivity contribution in [3.05, 3.63) is 71.8 Å². The van der Waals surface area contributed by atoms with E-state index in [1.165, 1.54) is 0 Å². The van der Waals surface area contributed by atoms with E-state index < -0.39 is 0 Å². The van der Waals surface area contributed by atoms with Gasteiger partial charge in [0, 0.05) is 5.56 Å². The van der Waals surface area contributed by atoms with E-state index in [1.807, 2.05) is 12.1 Å². The summed E-state index contributed by atoms with van der Waals surface area (Å²) < 4.78 is 0. The van der Waals surface area contributed by atoms with Crippen LogP contribution in [0.25, 0.3) is 0 Å². The molecule has 0 saturated heterocycles. The van der Waals surface area contributed by atoms with Gasteiger partial charge in [-0.3, -0.25) is 4.79 Å². The SMILES string of the molecule is O=C(P=C([O-])c1ccccc1)c1ccccc1. The van der Waals surface area contributed by atoms with Crippen molar-refractivity contribution in [2.24, 2.45) is 0 Å². The predicted octanol–water partition coefficient (Wildman–Crippen LogP) is 2.31. The number of carbonyl (C=O) groups excluding carboxylic acids is 1. The molecule has 2 nitrogen and oxygen atoms in total. The van der Waals surface area contributed by atoms with Crippen LogP contribution in [0.2, 0.25) is 0 Å². The highest BCUT2D eigenvalue weighted by molar-refractivity contribution is 7.59. The molecule has 0 radical (unpaired) electrons. The van der Waals surface area contributed by atoms with Crippen molar-refractivity contribution in [2.75, 3.05) is 0 Å². The summed E-state index contributed by atoms with van der Waals surface area (Å²) in [6, 6.07) is 17.7. The number of rotatable bonds is 3. The quantitative estimate of drug-likeness (QED) is 0.773. The maximum atomic E-state index is 11.8. The summed E-state index contributed by atoms with van der Waals surface area (Å²) in [5, 5.41) is 11.8. The molecule has 0 unspecified atom stereocenters. The van der Waals surface area contributed by atoms with Crippen LogP contribution in [0.4, 0.5) is 0 Å². The molecule has 2 rings (SSSR count). The van der Waals surface area contributed by atoms with E-state index in [2.05, 4.69) is 0 Å². The number of carbonyl (C=O) groups is 1. The smallest absolute Gasteiger partial charge is 0.210 e. The van der Waals surface area contributed by atoms with Gasteiger partial charge in [-0.05, 0) is 13.8 Å². The van der Waals surface area contributed by atoms with Gasteiger partial charge in [-0.2, -0.15) is 0 Å². The Labute approximate surface area is 101 Å². The highest BCUT2D eigenvalue weighted by Gasteiger charge is 2.01. The minimum atomic E-state index is -0.167. The van der Waals surface area contributed by atoms with Crippen molar-refractivity contribution in [1.82, 2.24) is 0 Å². The van der Waals surface area contributed by atoms with Crippen molar-refractivity contribution in [1.29, 1.82) is 0 Å². The average molecular weight is 241 g/mol. The van der Waals surface area contributed by atoms with Gasteiger partial charge < -0.3 is 5.11 Å². The molecule has 84 valence electrons. The van der Waals surface area contributed by atoms with E-state index in [0.29, 0.717) is 11.1 Å². The molecule has 0 aliphatic heterocycles. The van der Waals surface area contributed by atoms with E-state index >= 15 is 0 Å². The molecule has 0 atom stereocenters. The highest BCUT2D eigenvalue weighted by atomic mass is 31.1. The van der Waals surface area contributed by atoms with Crippen LogP contribution in [0, 0.1) is 0 Å². The summed E-state index contributed by atoms with van der Waals surface area (Å²) in [5.74, 6) is 0. The first kappa shape index (κ1) is 11.7. The molecule has 0 bridgehead atoms. The van der Waals surface area contributed by atoms with Gasteiger partial charge in [0.05, 0.1) is 0 Å². The molecule has 2 aromatic carbocycles. The molecule has 0 aliphatic carbocycles. The molecular weight excluding hydrogens is 231 g/mol. The van der Waals surface area contributed by atoms with E-state index in [9.17, 15) is 9.90 Å². The Morgan fingerprint density at radius 1 is 0.824 bits per heavy atom. The Bertz CT molecular complexity index is 533. The van der Waals surface area contributed by atoms with Crippen LogP contribution < -0.4 is 5.11 Å². The maximum Gasteiger partial charge on any atom is 0.210 e. The highest BCUT2D eigenvalue weighted by Crippen LogP contribution is 2.13. The molecule has 0 heterocycles. The molecule has 0 fully saturated rings. The normalized spacial score (nSPS) is 11.2. The van der Waals surface area contributed by atoms with Crippen molar-refractivity contribution in [2.45, 2.75) is 0 Å². The number of hydrogen-bond donors (Lipinski definition) is 0. The van der Waals surface area contributed by atoms with Crippen molar-refractivity contribution in [3.8, 4) is 0 Å². The monoisotopic (exact) mass is 241 g/mol. The summed E-state index contributed by atoms with van der Waals surface area (Å²) in [7, 11) is 0.192. The van der Waals surface area contributed by atoms with Crippen LogP contribution in [0.1, 0.15) is 15.9 Å². The zero-order valence-corrected chi connectivity index (χ0v) is 9.93. The van der Waals surface area contributed by atoms with Gasteiger partial charge in [0.2, 0.25) is 5.52 Å². The molecule has 0 N–H and O–H groups in total. The van der Waals surface area contributed by atoms with Crippen LogP contribution in [0.15, 0.2) is 60.7 Å². The lowest BCUT2D eigenvalue weighted by Gasteiger charge is -2.10. The van der Waals surface area contributed by atoms with Gasteiger partial charge in [-0.15, -0.1) is 5.48 Å². The first-order valence-corrected chi connectivity index (χ1v) is 6.07. The Kier molecular flexibility index (Phi) is 3.81. The van der Waals surface area contributed by atoms with Gasteiger partial charge in [0.25, 0.3) is 0 Å². The van der Waals surface area contributed by atoms with E-state index in [0.717, 1.165) is 0 Å². The second kappa shape index (κ2) is 5.53. The molecule has 0 saturated carbocycles. The standard InChI is InChI=1S/C14H11O2P/c15-13(11-7-3-1-4-8-11)17-14(16)12-9-5-2-6-10-12/h1-10,15H/p-1. The largest absolute Gasteiger partial charge is 0.823 e. The maximum absolute atomic E-state index is 11.8. The first-order valence-electron chi connectivity index (χ1n) is 5.18. The third-order valence-electron chi connectivity index (χ3n) is 2.24. The third-order valence-corrected chi connectivity index (χ3v) is 3.17. The van der Waals surface area contributed by atoms with E-state index in [4.69, 9.17) is 0 Å². The average Bonchev–Trinajstić information content (AvgIpc) is 2.40. The van der Waals surface area contributed by atoms with Gasteiger partial charge in [-0.25, -0.2) is 0 Å². The Balaban J connectivity index is 2.24. The lowest BCUT2D eigenvalue weighted by molar-refractivity contribution is -0.207. The van der Waals surface area contributed by atoms with E-state index in [-0.39, 0.29) is 19.2 Å². The summed E-state index contributed by atoms with van der Waals surface area (Å²) in [6.45, 7) is 0. The fourth-order valence-electron chi connectivity index (χ4n) is 1.38.